The summed E-state index contributed by atoms with van der Waals surface area (Å²) in [5.74, 6) is -1.83. The van der Waals surface area contributed by atoms with Gasteiger partial charge in [0.15, 0.2) is 5.78 Å². The van der Waals surface area contributed by atoms with Crippen molar-refractivity contribution < 1.29 is 17.8 Å². The Hall–Kier alpha value is -0.940. The average molecular weight is 218 g/mol. The molecule has 0 heterocycles. The summed E-state index contributed by atoms with van der Waals surface area (Å²) >= 11 is 0.928. The van der Waals surface area contributed by atoms with Gasteiger partial charge in [0.25, 0.3) is 0 Å². The maximum atomic E-state index is 12.7. The highest BCUT2D eigenvalue weighted by Crippen LogP contribution is 2.11. The molecule has 1 aromatic rings. The minimum absolute atomic E-state index is 0.0204. The van der Waals surface area contributed by atoms with E-state index in [9.17, 15) is 13.6 Å². The Bertz CT molecular complexity index is 321. The van der Waals surface area contributed by atoms with Gasteiger partial charge in [-0.25, -0.2) is 8.78 Å². The molecule has 0 saturated heterocycles. The lowest BCUT2D eigenvalue weighted by molar-refractivity contribution is 0.102. The molecule has 0 N–H and O–H groups in total. The van der Waals surface area contributed by atoms with Gasteiger partial charge < -0.3 is 4.18 Å². The first kappa shape index (κ1) is 11.1. The molecule has 0 aliphatic carbocycles. The van der Waals surface area contributed by atoms with Crippen molar-refractivity contribution in [2.24, 2.45) is 0 Å². The molecule has 0 saturated carbocycles. The van der Waals surface area contributed by atoms with Crippen LogP contribution in [0.3, 0.4) is 0 Å². The van der Waals surface area contributed by atoms with E-state index < -0.39 is 11.6 Å². The summed E-state index contributed by atoms with van der Waals surface area (Å²) < 4.78 is 30.0. The molecular weight excluding hydrogens is 210 g/mol. The summed E-state index contributed by atoms with van der Waals surface area (Å²) in [6.07, 6.45) is 0. The van der Waals surface area contributed by atoms with Gasteiger partial charge in [-0.2, -0.15) is 0 Å². The summed E-state index contributed by atoms with van der Waals surface area (Å²) in [4.78, 5) is 11.3. The number of carbonyl (C=O) groups excluding carboxylic acids is 1. The summed E-state index contributed by atoms with van der Waals surface area (Å²) in [5.41, 5.74) is 0.0204. The predicted octanol–water partition coefficient (Wildman–Crippen LogP) is 2.44. The number of hydrogen-bond donors (Lipinski definition) is 0. The Labute approximate surface area is 84.5 Å². The molecule has 0 aromatic heterocycles. The Balaban J connectivity index is 2.79. The maximum Gasteiger partial charge on any atom is 0.175 e. The third kappa shape index (κ3) is 3.08. The third-order valence-electron chi connectivity index (χ3n) is 1.49. The van der Waals surface area contributed by atoms with Crippen molar-refractivity contribution in [3.63, 3.8) is 0 Å². The second-order valence-electron chi connectivity index (χ2n) is 2.51. The number of benzene rings is 1. The van der Waals surface area contributed by atoms with E-state index in [1.165, 1.54) is 7.11 Å². The van der Waals surface area contributed by atoms with E-state index in [4.69, 9.17) is 0 Å². The van der Waals surface area contributed by atoms with Crippen LogP contribution in [0.1, 0.15) is 10.4 Å². The second kappa shape index (κ2) is 5.07. The first-order valence-corrected chi connectivity index (χ1v) is 4.69. The highest BCUT2D eigenvalue weighted by atomic mass is 32.2. The van der Waals surface area contributed by atoms with E-state index >= 15 is 0 Å². The Morgan fingerprint density at radius 2 is 1.93 bits per heavy atom. The van der Waals surface area contributed by atoms with Crippen molar-refractivity contribution in [3.8, 4) is 0 Å². The molecule has 0 aliphatic heterocycles. The van der Waals surface area contributed by atoms with Crippen molar-refractivity contribution >= 4 is 17.8 Å². The van der Waals surface area contributed by atoms with Crippen LogP contribution in [0, 0.1) is 11.6 Å². The molecule has 0 atom stereocenters. The lowest BCUT2D eigenvalue weighted by atomic mass is 10.1. The van der Waals surface area contributed by atoms with E-state index in [0.717, 1.165) is 30.2 Å². The van der Waals surface area contributed by atoms with E-state index in [2.05, 4.69) is 4.18 Å². The topological polar surface area (TPSA) is 26.3 Å². The molecule has 1 aromatic carbocycles. The number of rotatable bonds is 4. The highest BCUT2D eigenvalue weighted by Gasteiger charge is 2.09. The van der Waals surface area contributed by atoms with Crippen LogP contribution in [-0.2, 0) is 4.18 Å². The fourth-order valence-corrected chi connectivity index (χ4v) is 1.30. The molecule has 0 aliphatic rings. The average Bonchev–Trinajstić information content (AvgIpc) is 2.12. The molecule has 0 fully saturated rings. The predicted molar refractivity (Wildman–Crippen MR) is 50.2 cm³/mol. The van der Waals surface area contributed by atoms with Crippen molar-refractivity contribution in [3.05, 3.63) is 35.4 Å². The minimum Gasteiger partial charge on any atom is -0.318 e. The van der Waals surface area contributed by atoms with Gasteiger partial charge in [0, 0.05) is 11.6 Å². The normalized spacial score (nSPS) is 10.2. The molecule has 76 valence electrons. The number of Topliss-reactive ketones (excluding diaryl/α,β-unsaturated/α-hetero) is 1. The van der Waals surface area contributed by atoms with Crippen LogP contribution in [0.2, 0.25) is 0 Å². The zero-order valence-corrected chi connectivity index (χ0v) is 8.24. The summed E-state index contributed by atoms with van der Waals surface area (Å²) in [6, 6.07) is 2.73. The molecule has 2 nitrogen and oxygen atoms in total. The lowest BCUT2D eigenvalue weighted by Crippen LogP contribution is -2.03. The number of carbonyl (C=O) groups is 1. The monoisotopic (exact) mass is 218 g/mol. The molecule has 0 amide bonds. The molecular formula is C9H8F2O2S. The minimum atomic E-state index is -0.754. The van der Waals surface area contributed by atoms with Crippen LogP contribution in [0.15, 0.2) is 18.2 Å². The van der Waals surface area contributed by atoms with Crippen LogP contribution < -0.4 is 0 Å². The number of hydrogen-bond acceptors (Lipinski definition) is 3. The van der Waals surface area contributed by atoms with E-state index in [0.29, 0.717) is 0 Å². The largest absolute Gasteiger partial charge is 0.318 e. The Morgan fingerprint density at radius 1 is 1.36 bits per heavy atom. The van der Waals surface area contributed by atoms with Crippen LogP contribution in [-0.4, -0.2) is 18.6 Å². The van der Waals surface area contributed by atoms with Gasteiger partial charge in [0.2, 0.25) is 0 Å². The van der Waals surface area contributed by atoms with E-state index in [1.54, 1.807) is 0 Å². The molecule has 0 bridgehead atoms. The van der Waals surface area contributed by atoms with Crippen molar-refractivity contribution in [1.29, 1.82) is 0 Å². The quantitative estimate of drug-likeness (QED) is 0.573. The van der Waals surface area contributed by atoms with Gasteiger partial charge in [-0.1, -0.05) is 0 Å². The molecule has 14 heavy (non-hydrogen) atoms. The van der Waals surface area contributed by atoms with Gasteiger partial charge in [0.1, 0.15) is 11.6 Å². The van der Waals surface area contributed by atoms with Gasteiger partial charge in [-0.3, -0.25) is 4.79 Å². The van der Waals surface area contributed by atoms with Gasteiger partial charge >= 0.3 is 0 Å². The van der Waals surface area contributed by atoms with Gasteiger partial charge in [-0.05, 0) is 24.2 Å². The highest BCUT2D eigenvalue weighted by molar-refractivity contribution is 7.95. The molecule has 0 spiro atoms. The molecule has 0 radical (unpaired) electrons. The SMILES string of the molecule is COSCC(=O)c1cc(F)cc(F)c1. The summed E-state index contributed by atoms with van der Waals surface area (Å²) in [6.45, 7) is 0. The Morgan fingerprint density at radius 3 is 2.43 bits per heavy atom. The van der Waals surface area contributed by atoms with Gasteiger partial charge in [-0.15, -0.1) is 0 Å². The zero-order valence-electron chi connectivity index (χ0n) is 7.42. The smallest absolute Gasteiger partial charge is 0.175 e. The standard InChI is InChI=1S/C9H8F2O2S/c1-13-14-5-9(12)6-2-7(10)4-8(11)3-6/h2-4H,5H2,1H3. The van der Waals surface area contributed by atoms with Gasteiger partial charge in [0.05, 0.1) is 12.9 Å². The van der Waals surface area contributed by atoms with Crippen LogP contribution in [0.5, 0.6) is 0 Å². The van der Waals surface area contributed by atoms with Crippen LogP contribution >= 0.6 is 12.0 Å². The van der Waals surface area contributed by atoms with Crippen molar-refractivity contribution in [2.75, 3.05) is 12.9 Å². The zero-order chi connectivity index (χ0) is 10.6. The molecule has 5 heteroatoms. The van der Waals surface area contributed by atoms with E-state index in [-0.39, 0.29) is 17.1 Å². The second-order valence-corrected chi connectivity index (χ2v) is 3.37. The summed E-state index contributed by atoms with van der Waals surface area (Å²) in [7, 11) is 1.42. The third-order valence-corrected chi connectivity index (χ3v) is 2.11. The maximum absolute atomic E-state index is 12.7. The summed E-state index contributed by atoms with van der Waals surface area (Å²) in [5, 5.41) is 0. The lowest BCUT2D eigenvalue weighted by Gasteiger charge is -2.00. The number of halogens is 2. The first-order valence-electron chi connectivity index (χ1n) is 3.78. The fraction of sp³-hybridized carbons (Fsp3) is 0.222. The fourth-order valence-electron chi connectivity index (χ4n) is 0.911. The van der Waals surface area contributed by atoms with Crippen LogP contribution in [0.25, 0.3) is 0 Å². The first-order chi connectivity index (χ1) is 6.63. The van der Waals surface area contributed by atoms with Crippen molar-refractivity contribution in [1.82, 2.24) is 0 Å². The van der Waals surface area contributed by atoms with E-state index in [1.807, 2.05) is 0 Å². The van der Waals surface area contributed by atoms with Crippen LogP contribution in [0.4, 0.5) is 8.78 Å². The molecule has 0 unspecified atom stereocenters. The Kier molecular flexibility index (Phi) is 4.03. The van der Waals surface area contributed by atoms with Crippen molar-refractivity contribution in [2.45, 2.75) is 0 Å². The molecule has 1 rings (SSSR count). The number of ketones is 1.